The summed E-state index contributed by atoms with van der Waals surface area (Å²) < 4.78 is 33.0. The van der Waals surface area contributed by atoms with Crippen molar-refractivity contribution in [2.75, 3.05) is 39.8 Å². The molecule has 9 heteroatoms. The summed E-state index contributed by atoms with van der Waals surface area (Å²) in [5.74, 6) is -0.142. The van der Waals surface area contributed by atoms with Crippen molar-refractivity contribution in [1.82, 2.24) is 14.5 Å². The maximum absolute atomic E-state index is 13.2. The summed E-state index contributed by atoms with van der Waals surface area (Å²) in [5, 5.41) is 3.52. The maximum atomic E-state index is 13.2. The summed E-state index contributed by atoms with van der Waals surface area (Å²) >= 11 is 0. The molecule has 7 nitrogen and oxygen atoms in total. The van der Waals surface area contributed by atoms with Crippen LogP contribution in [0.1, 0.15) is 44.6 Å². The van der Waals surface area contributed by atoms with E-state index in [1.54, 1.807) is 31.3 Å². The Morgan fingerprint density at radius 2 is 1.75 bits per heavy atom. The first-order chi connectivity index (χ1) is 16.9. The Morgan fingerprint density at radius 1 is 1.11 bits per heavy atom. The zero-order valence-electron chi connectivity index (χ0n) is 21.5. The van der Waals surface area contributed by atoms with Gasteiger partial charge in [0.1, 0.15) is 0 Å². The molecule has 1 N–H and O–H groups in total. The number of carbonyl (C=O) groups is 1. The molecule has 200 valence electrons. The molecule has 1 saturated heterocycles. The number of halogens is 1. The van der Waals surface area contributed by atoms with Gasteiger partial charge in [-0.15, -0.1) is 12.4 Å². The molecule has 1 unspecified atom stereocenters. The van der Waals surface area contributed by atoms with Crippen LogP contribution in [0, 0.1) is 5.92 Å². The standard InChI is InChI=1S/C27H39N3O4S.ClH/c1-4-28-26-20-23(27(31)34-5-2)16-18-30(26)19-17-24(22-12-8-6-9-13-22)21-29(3)35(32,33)25-14-10-7-11-15-25;/h6-15,23-24,26,28H,4-5,16-21H2,1-3H3;1H/t23-,24?,26+;/m0./s1. The summed E-state index contributed by atoms with van der Waals surface area (Å²) in [5.41, 5.74) is 1.13. The number of carbonyl (C=O) groups excluding carboxylic acids is 1. The van der Waals surface area contributed by atoms with Crippen LogP contribution in [0.25, 0.3) is 0 Å². The third-order valence-electron chi connectivity index (χ3n) is 6.74. The van der Waals surface area contributed by atoms with E-state index in [2.05, 4.69) is 29.3 Å². The zero-order chi connectivity index (χ0) is 25.3. The van der Waals surface area contributed by atoms with E-state index >= 15 is 0 Å². The number of likely N-dealkylation sites (tertiary alicyclic amines) is 1. The van der Waals surface area contributed by atoms with Crippen LogP contribution in [0.3, 0.4) is 0 Å². The van der Waals surface area contributed by atoms with E-state index in [1.165, 1.54) is 4.31 Å². The molecule has 0 aromatic heterocycles. The number of piperidine rings is 1. The minimum absolute atomic E-state index is 0. The van der Waals surface area contributed by atoms with E-state index in [1.807, 2.05) is 31.2 Å². The molecule has 1 aliphatic rings. The van der Waals surface area contributed by atoms with Crippen LogP contribution < -0.4 is 5.32 Å². The third-order valence-corrected chi connectivity index (χ3v) is 8.58. The highest BCUT2D eigenvalue weighted by Crippen LogP contribution is 2.27. The molecular formula is C27H40ClN3O4S. The molecule has 3 atom stereocenters. The number of esters is 1. The van der Waals surface area contributed by atoms with Gasteiger partial charge in [0, 0.05) is 26.7 Å². The second-order valence-electron chi connectivity index (χ2n) is 9.08. The van der Waals surface area contributed by atoms with E-state index in [0.29, 0.717) is 18.0 Å². The van der Waals surface area contributed by atoms with Crippen LogP contribution in [-0.2, 0) is 19.6 Å². The Labute approximate surface area is 222 Å². The molecule has 0 radical (unpaired) electrons. The van der Waals surface area contributed by atoms with E-state index < -0.39 is 10.0 Å². The first-order valence-corrected chi connectivity index (χ1v) is 14.0. The summed E-state index contributed by atoms with van der Waals surface area (Å²) in [6, 6.07) is 18.7. The largest absolute Gasteiger partial charge is 0.466 e. The number of ether oxygens (including phenoxy) is 1. The van der Waals surface area contributed by atoms with Crippen LogP contribution >= 0.6 is 12.4 Å². The van der Waals surface area contributed by atoms with Crippen molar-refractivity contribution in [2.24, 2.45) is 5.92 Å². The molecule has 0 saturated carbocycles. The lowest BCUT2D eigenvalue weighted by molar-refractivity contribution is -0.150. The number of sulfonamides is 1. The molecular weight excluding hydrogens is 498 g/mol. The van der Waals surface area contributed by atoms with Gasteiger partial charge >= 0.3 is 5.97 Å². The Hall–Kier alpha value is -1.97. The predicted octanol–water partition coefficient (Wildman–Crippen LogP) is 4.11. The Kier molecular flexibility index (Phi) is 12.3. The molecule has 0 aliphatic carbocycles. The number of hydrogen-bond acceptors (Lipinski definition) is 6. The third kappa shape index (κ3) is 8.02. The molecule has 0 spiro atoms. The van der Waals surface area contributed by atoms with Gasteiger partial charge in [0.05, 0.1) is 23.6 Å². The SMILES string of the molecule is CCN[C@H]1C[C@@H](C(=O)OCC)CCN1CCC(CN(C)S(=O)(=O)c1ccccc1)c1ccccc1.Cl. The van der Waals surface area contributed by atoms with Crippen molar-refractivity contribution >= 4 is 28.4 Å². The summed E-state index contributed by atoms with van der Waals surface area (Å²) in [7, 11) is -1.91. The van der Waals surface area contributed by atoms with Gasteiger partial charge in [-0.2, -0.15) is 0 Å². The first kappa shape index (κ1) is 30.3. The average Bonchev–Trinajstić information content (AvgIpc) is 2.88. The van der Waals surface area contributed by atoms with Crippen LogP contribution in [0.4, 0.5) is 0 Å². The van der Waals surface area contributed by atoms with Crippen molar-refractivity contribution in [3.8, 4) is 0 Å². The topological polar surface area (TPSA) is 79.0 Å². The minimum Gasteiger partial charge on any atom is -0.466 e. The van der Waals surface area contributed by atoms with Gasteiger partial charge in [0.25, 0.3) is 0 Å². The van der Waals surface area contributed by atoms with E-state index in [-0.39, 0.29) is 36.4 Å². The number of nitrogens with zero attached hydrogens (tertiary/aromatic N) is 2. The Balaban J connectivity index is 0.00000456. The molecule has 2 aromatic carbocycles. The van der Waals surface area contributed by atoms with E-state index in [4.69, 9.17) is 4.74 Å². The lowest BCUT2D eigenvalue weighted by Gasteiger charge is -2.39. The van der Waals surface area contributed by atoms with Crippen molar-refractivity contribution in [3.63, 3.8) is 0 Å². The lowest BCUT2D eigenvalue weighted by atomic mass is 9.92. The molecule has 1 aliphatic heterocycles. The fourth-order valence-electron chi connectivity index (χ4n) is 4.79. The smallest absolute Gasteiger partial charge is 0.309 e. The maximum Gasteiger partial charge on any atom is 0.309 e. The molecule has 0 bridgehead atoms. The fourth-order valence-corrected chi connectivity index (χ4v) is 6.03. The number of benzene rings is 2. The van der Waals surface area contributed by atoms with E-state index in [9.17, 15) is 13.2 Å². The predicted molar refractivity (Wildman–Crippen MR) is 146 cm³/mol. The monoisotopic (exact) mass is 537 g/mol. The number of rotatable bonds is 12. The highest BCUT2D eigenvalue weighted by molar-refractivity contribution is 7.89. The summed E-state index contributed by atoms with van der Waals surface area (Å²) in [6.07, 6.45) is 2.42. The van der Waals surface area contributed by atoms with Gasteiger partial charge in [0.15, 0.2) is 0 Å². The summed E-state index contributed by atoms with van der Waals surface area (Å²) in [4.78, 5) is 15.0. The Morgan fingerprint density at radius 3 is 2.36 bits per heavy atom. The van der Waals surface area contributed by atoms with Crippen LogP contribution in [0.2, 0.25) is 0 Å². The Bertz CT molecular complexity index is 1020. The zero-order valence-corrected chi connectivity index (χ0v) is 23.1. The molecule has 3 rings (SSSR count). The van der Waals surface area contributed by atoms with Crippen molar-refractivity contribution in [3.05, 3.63) is 66.2 Å². The molecule has 1 fully saturated rings. The number of nitrogens with one attached hydrogen (secondary N) is 1. The second kappa shape index (κ2) is 14.7. The second-order valence-corrected chi connectivity index (χ2v) is 11.1. The molecule has 36 heavy (non-hydrogen) atoms. The van der Waals surface area contributed by atoms with Gasteiger partial charge in [-0.25, -0.2) is 12.7 Å². The van der Waals surface area contributed by atoms with Crippen molar-refractivity contribution < 1.29 is 17.9 Å². The quantitative estimate of drug-likeness (QED) is 0.410. The van der Waals surface area contributed by atoms with E-state index in [0.717, 1.165) is 44.5 Å². The average molecular weight is 538 g/mol. The lowest BCUT2D eigenvalue weighted by Crippen LogP contribution is -2.52. The number of hydrogen-bond donors (Lipinski definition) is 1. The van der Waals surface area contributed by atoms with Gasteiger partial charge in [-0.3, -0.25) is 9.69 Å². The van der Waals surface area contributed by atoms with Gasteiger partial charge in [-0.1, -0.05) is 55.5 Å². The fraction of sp³-hybridized carbons (Fsp3) is 0.519. The van der Waals surface area contributed by atoms with Gasteiger partial charge < -0.3 is 10.1 Å². The van der Waals surface area contributed by atoms with Crippen LogP contribution in [0.15, 0.2) is 65.6 Å². The summed E-state index contributed by atoms with van der Waals surface area (Å²) in [6.45, 7) is 7.15. The highest BCUT2D eigenvalue weighted by atomic mass is 35.5. The van der Waals surface area contributed by atoms with Crippen LogP contribution in [-0.4, -0.2) is 69.6 Å². The van der Waals surface area contributed by atoms with Gasteiger partial charge in [0.2, 0.25) is 10.0 Å². The van der Waals surface area contributed by atoms with Gasteiger partial charge in [-0.05, 0) is 56.3 Å². The van der Waals surface area contributed by atoms with Crippen LogP contribution in [0.5, 0.6) is 0 Å². The molecule has 0 amide bonds. The highest BCUT2D eigenvalue weighted by Gasteiger charge is 2.33. The van der Waals surface area contributed by atoms with Crippen molar-refractivity contribution in [1.29, 1.82) is 0 Å². The number of likely N-dealkylation sites (N-methyl/N-ethyl adjacent to an activating group) is 1. The minimum atomic E-state index is -3.57. The molecule has 2 aromatic rings. The normalized spacial score (nSPS) is 19.4. The molecule has 1 heterocycles. The van der Waals surface area contributed by atoms with Crippen molar-refractivity contribution in [2.45, 2.75) is 50.1 Å². The first-order valence-electron chi connectivity index (χ1n) is 12.6.